The highest BCUT2D eigenvalue weighted by Crippen LogP contribution is 2.24. The summed E-state index contributed by atoms with van der Waals surface area (Å²) in [5.41, 5.74) is 2.24. The Balaban J connectivity index is 1.63. The van der Waals surface area contributed by atoms with Gasteiger partial charge >= 0.3 is 0 Å². The molecule has 5 heteroatoms. The Labute approximate surface area is 155 Å². The van der Waals surface area contributed by atoms with E-state index in [0.717, 1.165) is 49.7 Å². The number of carbonyl (C=O) groups is 1. The van der Waals surface area contributed by atoms with Crippen LogP contribution in [0.3, 0.4) is 0 Å². The zero-order valence-corrected chi connectivity index (χ0v) is 15.9. The lowest BCUT2D eigenvalue weighted by molar-refractivity contribution is -0.125. The minimum atomic E-state index is 0.114. The average Bonchev–Trinajstić information content (AvgIpc) is 2.66. The standard InChI is InChI=1S/C21H28N4O/c1-15(2)14-23-21(26)17-8-11-25(12-9-17)19-7-10-22-20(24-19)18-6-4-5-16(3)13-18/h4-7,10,13,15,17H,8-9,11-12,14H2,1-3H3,(H,23,26). The first-order chi connectivity index (χ1) is 12.5. The molecule has 1 amide bonds. The van der Waals surface area contributed by atoms with Gasteiger partial charge in [0.15, 0.2) is 5.82 Å². The van der Waals surface area contributed by atoms with Gasteiger partial charge in [0.25, 0.3) is 0 Å². The number of anilines is 1. The van der Waals surface area contributed by atoms with Gasteiger partial charge in [-0.1, -0.05) is 37.6 Å². The number of aryl methyl sites for hydroxylation is 1. The first kappa shape index (κ1) is 18.4. The van der Waals surface area contributed by atoms with Gasteiger partial charge in [0.05, 0.1) is 0 Å². The lowest BCUT2D eigenvalue weighted by Gasteiger charge is -2.32. The van der Waals surface area contributed by atoms with Gasteiger partial charge in [-0.25, -0.2) is 9.97 Å². The number of amides is 1. The molecule has 2 aromatic rings. The van der Waals surface area contributed by atoms with E-state index in [2.05, 4.69) is 48.1 Å². The minimum Gasteiger partial charge on any atom is -0.356 e. The highest BCUT2D eigenvalue weighted by atomic mass is 16.1. The second kappa shape index (κ2) is 8.30. The van der Waals surface area contributed by atoms with E-state index in [0.29, 0.717) is 5.92 Å². The Hall–Kier alpha value is -2.43. The van der Waals surface area contributed by atoms with Crippen molar-refractivity contribution in [2.24, 2.45) is 11.8 Å². The monoisotopic (exact) mass is 352 g/mol. The number of aromatic nitrogens is 2. The molecule has 1 saturated heterocycles. The molecule has 26 heavy (non-hydrogen) atoms. The van der Waals surface area contributed by atoms with Crippen LogP contribution >= 0.6 is 0 Å². The maximum Gasteiger partial charge on any atom is 0.223 e. The van der Waals surface area contributed by atoms with Gasteiger partial charge in [-0.2, -0.15) is 0 Å². The summed E-state index contributed by atoms with van der Waals surface area (Å²) < 4.78 is 0. The van der Waals surface area contributed by atoms with E-state index in [1.54, 1.807) is 0 Å². The smallest absolute Gasteiger partial charge is 0.223 e. The second-order valence-corrected chi connectivity index (χ2v) is 7.51. The van der Waals surface area contributed by atoms with Crippen LogP contribution in [0.4, 0.5) is 5.82 Å². The predicted molar refractivity (Wildman–Crippen MR) is 105 cm³/mol. The molecule has 1 fully saturated rings. The minimum absolute atomic E-state index is 0.114. The van der Waals surface area contributed by atoms with Crippen LogP contribution in [-0.4, -0.2) is 35.5 Å². The Bertz CT molecular complexity index is 751. The SMILES string of the molecule is Cc1cccc(-c2nccc(N3CCC(C(=O)NCC(C)C)CC3)n2)c1. The number of benzene rings is 1. The molecule has 1 aliphatic rings. The Morgan fingerprint density at radius 2 is 2.04 bits per heavy atom. The zero-order chi connectivity index (χ0) is 18.5. The van der Waals surface area contributed by atoms with Gasteiger partial charge in [0.2, 0.25) is 5.91 Å². The number of nitrogens with one attached hydrogen (secondary N) is 1. The van der Waals surface area contributed by atoms with Crippen molar-refractivity contribution in [1.29, 1.82) is 0 Å². The predicted octanol–water partition coefficient (Wildman–Crippen LogP) is 3.44. The second-order valence-electron chi connectivity index (χ2n) is 7.51. The van der Waals surface area contributed by atoms with Crippen molar-refractivity contribution >= 4 is 11.7 Å². The maximum atomic E-state index is 12.3. The lowest BCUT2D eigenvalue weighted by atomic mass is 9.95. The van der Waals surface area contributed by atoms with Crippen LogP contribution in [0.1, 0.15) is 32.3 Å². The number of hydrogen-bond acceptors (Lipinski definition) is 4. The quantitative estimate of drug-likeness (QED) is 0.895. The third kappa shape index (κ3) is 4.59. The third-order valence-corrected chi connectivity index (χ3v) is 4.79. The fourth-order valence-electron chi connectivity index (χ4n) is 3.27. The zero-order valence-electron chi connectivity index (χ0n) is 15.9. The summed E-state index contributed by atoms with van der Waals surface area (Å²) in [6.07, 6.45) is 3.56. The van der Waals surface area contributed by atoms with E-state index in [9.17, 15) is 4.79 Å². The van der Waals surface area contributed by atoms with Gasteiger partial charge in [-0.3, -0.25) is 4.79 Å². The van der Waals surface area contributed by atoms with Crippen LogP contribution in [0.2, 0.25) is 0 Å². The van der Waals surface area contributed by atoms with Crippen LogP contribution in [0.25, 0.3) is 11.4 Å². The Morgan fingerprint density at radius 3 is 2.73 bits per heavy atom. The van der Waals surface area contributed by atoms with Gasteiger partial charge in [0.1, 0.15) is 5.82 Å². The molecule has 0 bridgehead atoms. The first-order valence-electron chi connectivity index (χ1n) is 9.45. The van der Waals surface area contributed by atoms with Crippen LogP contribution < -0.4 is 10.2 Å². The average molecular weight is 352 g/mol. The lowest BCUT2D eigenvalue weighted by Crippen LogP contribution is -2.41. The number of rotatable bonds is 5. The number of piperidine rings is 1. The van der Waals surface area contributed by atoms with Crippen molar-refractivity contribution in [1.82, 2.24) is 15.3 Å². The topological polar surface area (TPSA) is 58.1 Å². The molecule has 138 valence electrons. The molecule has 0 saturated carbocycles. The summed E-state index contributed by atoms with van der Waals surface area (Å²) in [5.74, 6) is 2.49. The van der Waals surface area contributed by atoms with E-state index in [1.807, 2.05) is 24.4 Å². The van der Waals surface area contributed by atoms with E-state index >= 15 is 0 Å². The van der Waals surface area contributed by atoms with Crippen LogP contribution in [0.5, 0.6) is 0 Å². The van der Waals surface area contributed by atoms with E-state index < -0.39 is 0 Å². The molecule has 1 aromatic heterocycles. The molecule has 0 aliphatic carbocycles. The molecule has 0 atom stereocenters. The van der Waals surface area contributed by atoms with Gasteiger partial charge in [-0.05, 0) is 37.8 Å². The normalized spacial score (nSPS) is 15.3. The molecular weight excluding hydrogens is 324 g/mol. The number of carbonyl (C=O) groups excluding carboxylic acids is 1. The molecule has 1 N–H and O–H groups in total. The summed E-state index contributed by atoms with van der Waals surface area (Å²) in [6.45, 7) is 8.76. The van der Waals surface area contributed by atoms with Crippen molar-refractivity contribution < 1.29 is 4.79 Å². The first-order valence-corrected chi connectivity index (χ1v) is 9.45. The third-order valence-electron chi connectivity index (χ3n) is 4.79. The molecular formula is C21H28N4O. The van der Waals surface area contributed by atoms with Crippen LogP contribution in [0.15, 0.2) is 36.5 Å². The Morgan fingerprint density at radius 1 is 1.27 bits per heavy atom. The molecule has 1 aromatic carbocycles. The summed E-state index contributed by atoms with van der Waals surface area (Å²) in [7, 11) is 0. The largest absolute Gasteiger partial charge is 0.356 e. The molecule has 0 unspecified atom stereocenters. The van der Waals surface area contributed by atoms with Crippen molar-refractivity contribution in [3.8, 4) is 11.4 Å². The van der Waals surface area contributed by atoms with Gasteiger partial charge in [-0.15, -0.1) is 0 Å². The fraction of sp³-hybridized carbons (Fsp3) is 0.476. The summed E-state index contributed by atoms with van der Waals surface area (Å²) >= 11 is 0. The summed E-state index contributed by atoms with van der Waals surface area (Å²) in [5, 5.41) is 3.06. The molecule has 5 nitrogen and oxygen atoms in total. The summed E-state index contributed by atoms with van der Waals surface area (Å²) in [6, 6.07) is 10.2. The van der Waals surface area contributed by atoms with Gasteiger partial charge < -0.3 is 10.2 Å². The Kier molecular flexibility index (Phi) is 5.86. The van der Waals surface area contributed by atoms with Crippen molar-refractivity contribution in [2.45, 2.75) is 33.6 Å². The van der Waals surface area contributed by atoms with Gasteiger partial charge in [0, 0.05) is 37.3 Å². The molecule has 0 radical (unpaired) electrons. The molecule has 1 aliphatic heterocycles. The van der Waals surface area contributed by atoms with Crippen molar-refractivity contribution in [3.63, 3.8) is 0 Å². The van der Waals surface area contributed by atoms with E-state index in [-0.39, 0.29) is 11.8 Å². The fourth-order valence-corrected chi connectivity index (χ4v) is 3.27. The maximum absolute atomic E-state index is 12.3. The van der Waals surface area contributed by atoms with Crippen LogP contribution in [0, 0.1) is 18.8 Å². The summed E-state index contributed by atoms with van der Waals surface area (Å²) in [4.78, 5) is 23.7. The highest BCUT2D eigenvalue weighted by molar-refractivity contribution is 5.79. The van der Waals surface area contributed by atoms with E-state index in [1.165, 1.54) is 5.56 Å². The van der Waals surface area contributed by atoms with Crippen LogP contribution in [-0.2, 0) is 4.79 Å². The highest BCUT2D eigenvalue weighted by Gasteiger charge is 2.25. The van der Waals surface area contributed by atoms with E-state index in [4.69, 9.17) is 4.98 Å². The molecule has 0 spiro atoms. The number of hydrogen-bond donors (Lipinski definition) is 1. The van der Waals surface area contributed by atoms with Crippen molar-refractivity contribution in [2.75, 3.05) is 24.5 Å². The number of nitrogens with zero attached hydrogens (tertiary/aromatic N) is 3. The van der Waals surface area contributed by atoms with Crippen molar-refractivity contribution in [3.05, 3.63) is 42.1 Å². The molecule has 3 rings (SSSR count). The molecule has 2 heterocycles.